The summed E-state index contributed by atoms with van der Waals surface area (Å²) in [6.07, 6.45) is 0. The molecule has 0 aliphatic heterocycles. The number of anilines is 1. The van der Waals surface area contributed by atoms with Crippen molar-refractivity contribution in [1.82, 2.24) is 10.1 Å². The third kappa shape index (κ3) is 5.75. The van der Waals surface area contributed by atoms with Gasteiger partial charge in [0.25, 0.3) is 11.6 Å². The first-order chi connectivity index (χ1) is 19.8. The number of amides is 1. The van der Waals surface area contributed by atoms with E-state index in [1.807, 2.05) is 19.1 Å². The van der Waals surface area contributed by atoms with Crippen LogP contribution < -0.4 is 24.3 Å². The number of benzene rings is 3. The van der Waals surface area contributed by atoms with E-state index in [9.17, 15) is 14.9 Å². The Morgan fingerprint density at radius 2 is 1.71 bits per heavy atom. The highest BCUT2D eigenvalue weighted by atomic mass is 32.1. The molecule has 5 aromatic rings. The Morgan fingerprint density at radius 1 is 0.976 bits per heavy atom. The van der Waals surface area contributed by atoms with E-state index >= 15 is 0 Å². The zero-order valence-corrected chi connectivity index (χ0v) is 23.2. The summed E-state index contributed by atoms with van der Waals surface area (Å²) in [5.41, 5.74) is 3.15. The lowest BCUT2D eigenvalue weighted by atomic mass is 10.1. The molecule has 0 radical (unpaired) electrons. The van der Waals surface area contributed by atoms with Crippen molar-refractivity contribution in [2.45, 2.75) is 6.92 Å². The lowest BCUT2D eigenvalue weighted by Gasteiger charge is -2.13. The number of ether oxygens (including phenoxy) is 4. The van der Waals surface area contributed by atoms with Gasteiger partial charge in [0.2, 0.25) is 5.75 Å². The summed E-state index contributed by atoms with van der Waals surface area (Å²) < 4.78 is 28.4. The number of non-ortho nitro benzene ring substituents is 1. The van der Waals surface area contributed by atoms with Crippen LogP contribution in [0.1, 0.15) is 5.56 Å². The molecule has 12 nitrogen and oxygen atoms in total. The van der Waals surface area contributed by atoms with Crippen LogP contribution in [0.4, 0.5) is 10.8 Å². The number of rotatable bonds is 10. The smallest absolute Gasteiger partial charge is 0.271 e. The Kier molecular flexibility index (Phi) is 7.70. The molecule has 13 heteroatoms. The standard InChI is InChI=1S/C28H24N4O8S/c1-15-5-6-16(22-13-19(31-40-22)17-10-23(36-2)27(38-4)24(11-17)37-3)9-21(15)39-14-26(33)30-28-29-20-12-18(32(34)35)7-8-25(20)41-28/h5-13H,14H2,1-4H3,(H,29,30,33). The zero-order chi connectivity index (χ0) is 29.1. The Morgan fingerprint density at radius 3 is 2.39 bits per heavy atom. The Balaban J connectivity index is 1.29. The van der Waals surface area contributed by atoms with Crippen molar-refractivity contribution in [3.05, 3.63) is 70.3 Å². The van der Waals surface area contributed by atoms with Gasteiger partial charge in [-0.15, -0.1) is 0 Å². The van der Waals surface area contributed by atoms with Crippen LogP contribution in [0.25, 0.3) is 32.8 Å². The number of nitrogens with one attached hydrogen (secondary N) is 1. The number of hydrogen-bond donors (Lipinski definition) is 1. The van der Waals surface area contributed by atoms with Crippen LogP contribution in [0, 0.1) is 17.0 Å². The van der Waals surface area contributed by atoms with E-state index in [4.69, 9.17) is 23.5 Å². The number of carbonyl (C=O) groups is 1. The first-order valence-electron chi connectivity index (χ1n) is 12.2. The Bertz CT molecular complexity index is 1740. The number of nitro benzene ring substituents is 1. The summed E-state index contributed by atoms with van der Waals surface area (Å²) >= 11 is 1.21. The maximum Gasteiger partial charge on any atom is 0.271 e. The van der Waals surface area contributed by atoms with Gasteiger partial charge in [-0.05, 0) is 36.8 Å². The lowest BCUT2D eigenvalue weighted by Crippen LogP contribution is -2.20. The monoisotopic (exact) mass is 576 g/mol. The molecule has 5 rings (SSSR count). The first kappa shape index (κ1) is 27.4. The minimum atomic E-state index is -0.492. The van der Waals surface area contributed by atoms with Crippen LogP contribution in [0.15, 0.2) is 59.1 Å². The minimum Gasteiger partial charge on any atom is -0.493 e. The van der Waals surface area contributed by atoms with Crippen LogP contribution in [0.2, 0.25) is 0 Å². The first-order valence-corrected chi connectivity index (χ1v) is 13.0. The number of thiazole rings is 1. The van der Waals surface area contributed by atoms with Gasteiger partial charge in [-0.1, -0.05) is 28.6 Å². The molecule has 2 aromatic heterocycles. The second-order valence-electron chi connectivity index (χ2n) is 8.74. The van der Waals surface area contributed by atoms with Crippen LogP contribution in [-0.4, -0.2) is 48.9 Å². The maximum atomic E-state index is 12.6. The van der Waals surface area contributed by atoms with E-state index in [2.05, 4.69) is 15.5 Å². The third-order valence-electron chi connectivity index (χ3n) is 6.13. The normalized spacial score (nSPS) is 10.8. The van der Waals surface area contributed by atoms with Crippen LogP contribution in [-0.2, 0) is 4.79 Å². The van der Waals surface area contributed by atoms with Crippen molar-refractivity contribution in [2.75, 3.05) is 33.3 Å². The van der Waals surface area contributed by atoms with Crippen LogP contribution in [0.5, 0.6) is 23.0 Å². The van der Waals surface area contributed by atoms with E-state index in [-0.39, 0.29) is 12.3 Å². The molecule has 2 heterocycles. The molecule has 1 N–H and O–H groups in total. The summed E-state index contributed by atoms with van der Waals surface area (Å²) in [4.78, 5) is 27.4. The second kappa shape index (κ2) is 11.5. The van der Waals surface area contributed by atoms with Gasteiger partial charge in [-0.2, -0.15) is 0 Å². The molecule has 0 fully saturated rings. The number of hydrogen-bond acceptors (Lipinski definition) is 11. The highest BCUT2D eigenvalue weighted by Gasteiger charge is 2.18. The van der Waals surface area contributed by atoms with Crippen molar-refractivity contribution in [2.24, 2.45) is 0 Å². The number of aryl methyl sites for hydroxylation is 1. The number of nitrogens with zero attached hydrogens (tertiary/aromatic N) is 3. The summed E-state index contributed by atoms with van der Waals surface area (Å²) in [5.74, 6) is 2.01. The molecule has 0 aliphatic carbocycles. The molecule has 1 amide bonds. The van der Waals surface area contributed by atoms with Gasteiger partial charge < -0.3 is 23.5 Å². The van der Waals surface area contributed by atoms with Gasteiger partial charge in [0.15, 0.2) is 29.0 Å². The van der Waals surface area contributed by atoms with Crippen LogP contribution in [0.3, 0.4) is 0 Å². The Labute approximate surface area is 237 Å². The van der Waals surface area contributed by atoms with Crippen LogP contribution >= 0.6 is 11.3 Å². The van der Waals surface area contributed by atoms with Crippen molar-refractivity contribution in [3.8, 4) is 45.6 Å². The van der Waals surface area contributed by atoms with Crippen molar-refractivity contribution < 1.29 is 33.2 Å². The third-order valence-corrected chi connectivity index (χ3v) is 7.08. The van der Waals surface area contributed by atoms with E-state index in [0.717, 1.165) is 5.56 Å². The highest BCUT2D eigenvalue weighted by Crippen LogP contribution is 2.41. The molecule has 3 aromatic carbocycles. The van der Waals surface area contributed by atoms with Gasteiger partial charge in [0.05, 0.1) is 36.5 Å². The molecule has 0 atom stereocenters. The van der Waals surface area contributed by atoms with Gasteiger partial charge >= 0.3 is 0 Å². The summed E-state index contributed by atoms with van der Waals surface area (Å²) in [7, 11) is 4.61. The fourth-order valence-electron chi connectivity index (χ4n) is 4.07. The average Bonchev–Trinajstić information content (AvgIpc) is 3.62. The largest absolute Gasteiger partial charge is 0.493 e. The molecule has 0 bridgehead atoms. The van der Waals surface area contributed by atoms with Gasteiger partial charge in [-0.3, -0.25) is 20.2 Å². The second-order valence-corrected chi connectivity index (χ2v) is 9.77. The molecule has 0 unspecified atom stereocenters. The molecule has 0 spiro atoms. The lowest BCUT2D eigenvalue weighted by molar-refractivity contribution is -0.384. The molecular formula is C28H24N4O8S. The molecular weight excluding hydrogens is 552 g/mol. The van der Waals surface area contributed by atoms with Crippen molar-refractivity contribution in [3.63, 3.8) is 0 Å². The quantitative estimate of drug-likeness (QED) is 0.158. The number of fused-ring (bicyclic) bond motifs is 1. The SMILES string of the molecule is COc1cc(-c2cc(-c3ccc(C)c(OCC(=O)Nc4nc5cc([N+](=O)[O-])ccc5s4)c3)on2)cc(OC)c1OC. The topological polar surface area (TPSA) is 148 Å². The summed E-state index contributed by atoms with van der Waals surface area (Å²) in [5, 5.41) is 18.2. The average molecular weight is 577 g/mol. The van der Waals surface area contributed by atoms with Gasteiger partial charge in [-0.25, -0.2) is 4.98 Å². The highest BCUT2D eigenvalue weighted by molar-refractivity contribution is 7.22. The molecule has 210 valence electrons. The van der Waals surface area contributed by atoms with Gasteiger partial charge in [0.1, 0.15) is 11.4 Å². The van der Waals surface area contributed by atoms with Crippen molar-refractivity contribution in [1.29, 1.82) is 0 Å². The number of aromatic nitrogens is 2. The number of carbonyl (C=O) groups excluding carboxylic acids is 1. The van der Waals surface area contributed by atoms with Crippen molar-refractivity contribution >= 4 is 38.3 Å². The molecule has 0 aliphatic rings. The fraction of sp³-hybridized carbons (Fsp3) is 0.179. The van der Waals surface area contributed by atoms with Gasteiger partial charge in [0, 0.05) is 29.3 Å². The number of methoxy groups -OCH3 is 3. The molecule has 0 saturated carbocycles. The fourth-order valence-corrected chi connectivity index (χ4v) is 4.93. The predicted molar refractivity (Wildman–Crippen MR) is 152 cm³/mol. The minimum absolute atomic E-state index is 0.0679. The Hall–Kier alpha value is -5.17. The molecule has 41 heavy (non-hydrogen) atoms. The van der Waals surface area contributed by atoms with E-state index in [1.165, 1.54) is 44.8 Å². The van der Waals surface area contributed by atoms with E-state index < -0.39 is 10.8 Å². The predicted octanol–water partition coefficient (Wildman–Crippen LogP) is 5.88. The van der Waals surface area contributed by atoms with E-state index in [0.29, 0.717) is 60.9 Å². The maximum absolute atomic E-state index is 12.6. The number of nitro groups is 1. The summed E-state index contributed by atoms with van der Waals surface area (Å²) in [6, 6.07) is 15.2. The molecule has 0 saturated heterocycles. The summed E-state index contributed by atoms with van der Waals surface area (Å²) in [6.45, 7) is 1.59. The van der Waals surface area contributed by atoms with E-state index in [1.54, 1.807) is 30.3 Å². The zero-order valence-electron chi connectivity index (χ0n) is 22.4.